The number of aliphatic carboxylic acids is 1. The SMILES string of the molecule is COC(C)C(NC(=O)OCC1c2ccccc2-c2ccccc21)C(=O)NC(C)(C)CCC(=O)O. The minimum atomic E-state index is -1.01. The third-order valence-corrected chi connectivity index (χ3v) is 6.17. The van der Waals surface area contributed by atoms with E-state index in [1.807, 2.05) is 36.4 Å². The van der Waals surface area contributed by atoms with E-state index < -0.39 is 35.7 Å². The number of carbonyl (C=O) groups excluding carboxylic acids is 2. The lowest BCUT2D eigenvalue weighted by Crippen LogP contribution is -2.57. The van der Waals surface area contributed by atoms with E-state index in [0.29, 0.717) is 0 Å². The predicted octanol–water partition coefficient (Wildman–Crippen LogP) is 3.69. The number of carboxylic acid groups (broad SMARTS) is 1. The highest BCUT2D eigenvalue weighted by Gasteiger charge is 2.33. The van der Waals surface area contributed by atoms with Gasteiger partial charge in [0.05, 0.1) is 6.10 Å². The molecule has 2 aromatic rings. The number of fused-ring (bicyclic) bond motifs is 3. The fourth-order valence-electron chi connectivity index (χ4n) is 4.19. The highest BCUT2D eigenvalue weighted by Crippen LogP contribution is 2.44. The molecule has 2 unspecified atom stereocenters. The Labute approximate surface area is 199 Å². The van der Waals surface area contributed by atoms with E-state index in [9.17, 15) is 14.4 Å². The molecule has 8 heteroatoms. The van der Waals surface area contributed by atoms with Crippen molar-refractivity contribution in [3.05, 3.63) is 59.7 Å². The number of carbonyl (C=O) groups is 3. The summed E-state index contributed by atoms with van der Waals surface area (Å²) in [6.07, 6.45) is -1.20. The van der Waals surface area contributed by atoms with Gasteiger partial charge >= 0.3 is 12.1 Å². The molecule has 0 saturated carbocycles. The summed E-state index contributed by atoms with van der Waals surface area (Å²) in [4.78, 5) is 36.5. The number of hydrogen-bond acceptors (Lipinski definition) is 5. The lowest BCUT2D eigenvalue weighted by atomic mass is 9.97. The fraction of sp³-hybridized carbons (Fsp3) is 0.423. The van der Waals surface area contributed by atoms with E-state index in [-0.39, 0.29) is 25.4 Å². The van der Waals surface area contributed by atoms with Crippen LogP contribution in [0.1, 0.15) is 50.7 Å². The average Bonchev–Trinajstić information content (AvgIpc) is 3.13. The zero-order valence-corrected chi connectivity index (χ0v) is 20.0. The lowest BCUT2D eigenvalue weighted by Gasteiger charge is -2.30. The standard InChI is InChI=1S/C26H32N2O6/c1-16(33-4)23(24(31)28-26(2,3)14-13-22(29)30)27-25(32)34-15-21-19-11-7-5-9-17(19)18-10-6-8-12-20(18)21/h5-12,16,21,23H,13-15H2,1-4H3,(H,27,32)(H,28,31)(H,29,30). The molecule has 3 rings (SSSR count). The Morgan fingerprint density at radius 1 is 1.03 bits per heavy atom. The molecule has 2 aromatic carbocycles. The monoisotopic (exact) mass is 468 g/mol. The molecule has 2 amide bonds. The van der Waals surface area contributed by atoms with Gasteiger partial charge in [0, 0.05) is 25.0 Å². The summed E-state index contributed by atoms with van der Waals surface area (Å²) in [6, 6.07) is 15.1. The summed E-state index contributed by atoms with van der Waals surface area (Å²) >= 11 is 0. The molecular formula is C26H32N2O6. The van der Waals surface area contributed by atoms with Gasteiger partial charge in [-0.1, -0.05) is 48.5 Å². The summed E-state index contributed by atoms with van der Waals surface area (Å²) < 4.78 is 10.9. The van der Waals surface area contributed by atoms with Crippen molar-refractivity contribution < 1.29 is 29.0 Å². The molecule has 2 atom stereocenters. The molecule has 0 aliphatic heterocycles. The molecular weight excluding hydrogens is 436 g/mol. The minimum absolute atomic E-state index is 0.0857. The van der Waals surface area contributed by atoms with Crippen LogP contribution in [0.5, 0.6) is 0 Å². The number of alkyl carbamates (subject to hydrolysis) is 1. The molecule has 0 fully saturated rings. The molecule has 0 spiro atoms. The third-order valence-electron chi connectivity index (χ3n) is 6.17. The quantitative estimate of drug-likeness (QED) is 0.490. The number of nitrogens with one attached hydrogen (secondary N) is 2. The van der Waals surface area contributed by atoms with Crippen molar-refractivity contribution in [1.29, 1.82) is 0 Å². The van der Waals surface area contributed by atoms with Crippen molar-refractivity contribution in [2.24, 2.45) is 0 Å². The van der Waals surface area contributed by atoms with Crippen LogP contribution in [0, 0.1) is 0 Å². The predicted molar refractivity (Wildman–Crippen MR) is 128 cm³/mol. The first-order valence-corrected chi connectivity index (χ1v) is 11.3. The zero-order valence-electron chi connectivity index (χ0n) is 20.0. The number of amides is 2. The number of hydrogen-bond donors (Lipinski definition) is 3. The Morgan fingerprint density at radius 2 is 1.59 bits per heavy atom. The maximum Gasteiger partial charge on any atom is 0.407 e. The van der Waals surface area contributed by atoms with E-state index in [1.165, 1.54) is 7.11 Å². The van der Waals surface area contributed by atoms with Crippen molar-refractivity contribution in [3.8, 4) is 11.1 Å². The van der Waals surface area contributed by atoms with Crippen molar-refractivity contribution in [3.63, 3.8) is 0 Å². The van der Waals surface area contributed by atoms with E-state index in [0.717, 1.165) is 22.3 Å². The summed E-state index contributed by atoms with van der Waals surface area (Å²) in [5, 5.41) is 14.3. The van der Waals surface area contributed by atoms with Gasteiger partial charge in [-0.3, -0.25) is 9.59 Å². The van der Waals surface area contributed by atoms with Crippen molar-refractivity contribution in [2.45, 2.75) is 57.2 Å². The average molecular weight is 469 g/mol. The van der Waals surface area contributed by atoms with Gasteiger partial charge in [0.15, 0.2) is 0 Å². The van der Waals surface area contributed by atoms with Gasteiger partial charge in [-0.2, -0.15) is 0 Å². The van der Waals surface area contributed by atoms with Crippen LogP contribution in [0.25, 0.3) is 11.1 Å². The van der Waals surface area contributed by atoms with Crippen LogP contribution in [0.15, 0.2) is 48.5 Å². The summed E-state index contributed by atoms with van der Waals surface area (Å²) in [5.74, 6) is -1.51. The van der Waals surface area contributed by atoms with E-state index in [1.54, 1.807) is 20.8 Å². The summed E-state index contributed by atoms with van der Waals surface area (Å²) in [7, 11) is 1.44. The molecule has 1 aliphatic carbocycles. The molecule has 0 heterocycles. The molecule has 0 bridgehead atoms. The number of methoxy groups -OCH3 is 1. The summed E-state index contributed by atoms with van der Waals surface area (Å²) in [5.41, 5.74) is 3.67. The van der Waals surface area contributed by atoms with Gasteiger partial charge in [0.25, 0.3) is 0 Å². The number of ether oxygens (including phenoxy) is 2. The Kier molecular flexibility index (Phi) is 7.94. The zero-order chi connectivity index (χ0) is 24.9. The molecule has 1 aliphatic rings. The van der Waals surface area contributed by atoms with Crippen LogP contribution < -0.4 is 10.6 Å². The highest BCUT2D eigenvalue weighted by atomic mass is 16.5. The number of carboxylic acids is 1. The second kappa shape index (κ2) is 10.7. The van der Waals surface area contributed by atoms with Crippen LogP contribution in [-0.2, 0) is 19.1 Å². The van der Waals surface area contributed by atoms with Crippen molar-refractivity contribution >= 4 is 18.0 Å². The molecule has 182 valence electrons. The Hall–Kier alpha value is -3.39. The molecule has 0 saturated heterocycles. The second-order valence-electron chi connectivity index (χ2n) is 9.16. The Morgan fingerprint density at radius 3 is 2.12 bits per heavy atom. The second-order valence-corrected chi connectivity index (χ2v) is 9.16. The largest absolute Gasteiger partial charge is 0.481 e. The minimum Gasteiger partial charge on any atom is -0.481 e. The maximum absolute atomic E-state index is 12.9. The van der Waals surface area contributed by atoms with E-state index in [2.05, 4.69) is 22.8 Å². The normalized spacial score (nSPS) is 14.5. The molecule has 0 radical (unpaired) electrons. The van der Waals surface area contributed by atoms with Gasteiger partial charge < -0.3 is 25.2 Å². The molecule has 3 N–H and O–H groups in total. The van der Waals surface area contributed by atoms with E-state index in [4.69, 9.17) is 14.6 Å². The van der Waals surface area contributed by atoms with Crippen molar-refractivity contribution in [2.75, 3.05) is 13.7 Å². The van der Waals surface area contributed by atoms with Crippen LogP contribution in [0.3, 0.4) is 0 Å². The topological polar surface area (TPSA) is 114 Å². The molecule has 0 aromatic heterocycles. The van der Waals surface area contributed by atoms with Gasteiger partial charge in [0.1, 0.15) is 12.6 Å². The van der Waals surface area contributed by atoms with Crippen LogP contribution in [0.2, 0.25) is 0 Å². The van der Waals surface area contributed by atoms with Crippen LogP contribution in [-0.4, -0.2) is 54.5 Å². The van der Waals surface area contributed by atoms with Gasteiger partial charge in [0.2, 0.25) is 5.91 Å². The first kappa shape index (κ1) is 25.2. The van der Waals surface area contributed by atoms with Crippen LogP contribution >= 0.6 is 0 Å². The first-order chi connectivity index (χ1) is 16.1. The summed E-state index contributed by atoms with van der Waals surface area (Å²) in [6.45, 7) is 5.25. The van der Waals surface area contributed by atoms with Gasteiger partial charge in [-0.25, -0.2) is 4.79 Å². The van der Waals surface area contributed by atoms with E-state index >= 15 is 0 Å². The fourth-order valence-corrected chi connectivity index (χ4v) is 4.19. The highest BCUT2D eigenvalue weighted by molar-refractivity contribution is 5.87. The number of benzene rings is 2. The third kappa shape index (κ3) is 5.94. The Bertz CT molecular complexity index is 1010. The lowest BCUT2D eigenvalue weighted by molar-refractivity contribution is -0.138. The van der Waals surface area contributed by atoms with Gasteiger partial charge in [-0.15, -0.1) is 0 Å². The van der Waals surface area contributed by atoms with Gasteiger partial charge in [-0.05, 0) is 49.4 Å². The van der Waals surface area contributed by atoms with Crippen molar-refractivity contribution in [1.82, 2.24) is 10.6 Å². The molecule has 34 heavy (non-hydrogen) atoms. The number of rotatable bonds is 10. The Balaban J connectivity index is 1.66. The van der Waals surface area contributed by atoms with Crippen LogP contribution in [0.4, 0.5) is 4.79 Å². The first-order valence-electron chi connectivity index (χ1n) is 11.3. The molecule has 8 nitrogen and oxygen atoms in total. The maximum atomic E-state index is 12.9. The smallest absolute Gasteiger partial charge is 0.407 e.